The molecule has 4 rings (SSSR count). The summed E-state index contributed by atoms with van der Waals surface area (Å²) in [5.74, 6) is -0.636. The van der Waals surface area contributed by atoms with E-state index in [1.807, 2.05) is 55.6 Å². The van der Waals surface area contributed by atoms with Crippen LogP contribution in [0.4, 0.5) is 5.69 Å². The molecule has 1 saturated carbocycles. The second-order valence-corrected chi connectivity index (χ2v) is 13.6. The first kappa shape index (κ1) is 31.6. The van der Waals surface area contributed by atoms with E-state index >= 15 is 0 Å². The molecule has 1 aliphatic rings. The number of aryl methyl sites for hydroxylation is 1. The first-order valence-corrected chi connectivity index (χ1v) is 17.2. The van der Waals surface area contributed by atoms with Crippen molar-refractivity contribution in [3.8, 4) is 0 Å². The number of amides is 2. The van der Waals surface area contributed by atoms with E-state index in [0.29, 0.717) is 12.1 Å². The minimum absolute atomic E-state index is 0.104. The van der Waals surface area contributed by atoms with E-state index in [-0.39, 0.29) is 23.4 Å². The number of sulfonamides is 1. The Hall–Kier alpha value is -3.30. The van der Waals surface area contributed by atoms with Crippen LogP contribution < -0.4 is 9.62 Å². The van der Waals surface area contributed by atoms with Gasteiger partial charge in [0.15, 0.2) is 0 Å². The number of rotatable bonds is 12. The minimum Gasteiger partial charge on any atom is -0.352 e. The zero-order valence-corrected chi connectivity index (χ0v) is 26.3. The predicted molar refractivity (Wildman–Crippen MR) is 170 cm³/mol. The highest BCUT2D eigenvalue weighted by Crippen LogP contribution is 2.26. The summed E-state index contributed by atoms with van der Waals surface area (Å²) in [6.45, 7) is 3.51. The molecule has 3 aromatic rings. The van der Waals surface area contributed by atoms with Crippen LogP contribution in [0, 0.1) is 6.92 Å². The van der Waals surface area contributed by atoms with Crippen molar-refractivity contribution in [1.29, 1.82) is 0 Å². The van der Waals surface area contributed by atoms with Crippen molar-refractivity contribution < 1.29 is 18.0 Å². The lowest BCUT2D eigenvalue weighted by atomic mass is 9.95. The highest BCUT2D eigenvalue weighted by Gasteiger charge is 2.33. The average Bonchev–Trinajstić information content (AvgIpc) is 3.01. The first-order valence-electron chi connectivity index (χ1n) is 14.6. The van der Waals surface area contributed by atoms with Crippen molar-refractivity contribution in [2.45, 2.75) is 74.2 Å². The summed E-state index contributed by atoms with van der Waals surface area (Å²) >= 11 is 1.52. The van der Waals surface area contributed by atoms with Gasteiger partial charge in [-0.05, 0) is 81.3 Å². The van der Waals surface area contributed by atoms with Crippen LogP contribution in [0.25, 0.3) is 0 Å². The second kappa shape index (κ2) is 14.7. The fourth-order valence-corrected chi connectivity index (χ4v) is 7.08. The van der Waals surface area contributed by atoms with E-state index in [1.54, 1.807) is 43.3 Å². The molecule has 0 aromatic heterocycles. The van der Waals surface area contributed by atoms with Gasteiger partial charge in [0.25, 0.3) is 10.0 Å². The van der Waals surface area contributed by atoms with Gasteiger partial charge in [-0.15, -0.1) is 11.8 Å². The molecule has 2 amide bonds. The number of nitrogens with zero attached hydrogens (tertiary/aromatic N) is 2. The molecule has 0 unspecified atom stereocenters. The lowest BCUT2D eigenvalue weighted by Crippen LogP contribution is -2.53. The van der Waals surface area contributed by atoms with Crippen LogP contribution >= 0.6 is 11.8 Å². The molecule has 3 aromatic carbocycles. The first-order chi connectivity index (χ1) is 20.2. The SMILES string of the molecule is CSc1ccc(S(=O)(=O)N(CC(=O)N(CCc2ccccc2)[C@@H](C)C(=O)NC2CCCCC2)c2ccc(C)cc2)cc1. The molecular weight excluding hydrogens is 567 g/mol. The summed E-state index contributed by atoms with van der Waals surface area (Å²) in [6.07, 6.45) is 7.68. The molecule has 0 spiro atoms. The summed E-state index contributed by atoms with van der Waals surface area (Å²) < 4.78 is 29.1. The van der Waals surface area contributed by atoms with Crippen molar-refractivity contribution in [2.24, 2.45) is 0 Å². The molecule has 0 bridgehead atoms. The molecule has 0 saturated heterocycles. The van der Waals surface area contributed by atoms with Crippen molar-refractivity contribution >= 4 is 39.3 Å². The number of nitrogens with one attached hydrogen (secondary N) is 1. The standard InChI is InChI=1S/C33H41N3O4S2/c1-25-14-16-29(17-15-25)36(42(39,40)31-20-18-30(41-3)19-21-31)24-32(37)35(23-22-27-10-6-4-7-11-27)26(2)33(38)34-28-12-8-5-9-13-28/h4,6-7,10-11,14-21,26,28H,5,8-9,12-13,22-24H2,1-3H3,(H,34,38)/t26-/m0/s1. The Labute approximate surface area is 254 Å². The predicted octanol–water partition coefficient (Wildman–Crippen LogP) is 5.82. The number of carbonyl (C=O) groups excluding carboxylic acids is 2. The Balaban J connectivity index is 1.63. The lowest BCUT2D eigenvalue weighted by Gasteiger charge is -2.33. The molecule has 0 radical (unpaired) electrons. The number of hydrogen-bond donors (Lipinski definition) is 1. The summed E-state index contributed by atoms with van der Waals surface area (Å²) in [5.41, 5.74) is 2.40. The van der Waals surface area contributed by atoms with Crippen molar-refractivity contribution in [3.63, 3.8) is 0 Å². The molecule has 1 fully saturated rings. The third-order valence-corrected chi connectivity index (χ3v) is 10.4. The molecule has 0 aliphatic heterocycles. The van der Waals surface area contributed by atoms with Crippen LogP contribution in [0.3, 0.4) is 0 Å². The molecule has 224 valence electrons. The fraction of sp³-hybridized carbons (Fsp3) is 0.394. The van der Waals surface area contributed by atoms with Gasteiger partial charge in [-0.25, -0.2) is 8.42 Å². The van der Waals surface area contributed by atoms with Crippen LogP contribution in [0.5, 0.6) is 0 Å². The van der Waals surface area contributed by atoms with Gasteiger partial charge in [0, 0.05) is 17.5 Å². The maximum atomic E-state index is 14.1. The smallest absolute Gasteiger partial charge is 0.264 e. The molecule has 1 atom stereocenters. The van der Waals surface area contributed by atoms with Gasteiger partial charge < -0.3 is 10.2 Å². The molecular formula is C33H41N3O4S2. The minimum atomic E-state index is -4.08. The van der Waals surface area contributed by atoms with E-state index in [9.17, 15) is 18.0 Å². The summed E-state index contributed by atoms with van der Waals surface area (Å²) in [7, 11) is -4.08. The van der Waals surface area contributed by atoms with Crippen LogP contribution in [0.1, 0.15) is 50.2 Å². The summed E-state index contributed by atoms with van der Waals surface area (Å²) in [5, 5.41) is 3.14. The zero-order chi connectivity index (χ0) is 30.1. The highest BCUT2D eigenvalue weighted by atomic mass is 32.2. The maximum Gasteiger partial charge on any atom is 0.264 e. The normalized spacial score (nSPS) is 14.6. The molecule has 9 heteroatoms. The van der Waals surface area contributed by atoms with E-state index < -0.39 is 28.5 Å². The second-order valence-electron chi connectivity index (χ2n) is 10.9. The molecule has 1 N–H and O–H groups in total. The fourth-order valence-electron chi connectivity index (χ4n) is 5.25. The van der Waals surface area contributed by atoms with E-state index in [4.69, 9.17) is 0 Å². The quantitative estimate of drug-likeness (QED) is 0.262. The van der Waals surface area contributed by atoms with E-state index in [0.717, 1.165) is 46.0 Å². The van der Waals surface area contributed by atoms with Gasteiger partial charge in [0.05, 0.1) is 10.6 Å². The topological polar surface area (TPSA) is 86.8 Å². The molecule has 1 aliphatic carbocycles. The zero-order valence-electron chi connectivity index (χ0n) is 24.7. The Morgan fingerprint density at radius 3 is 2.19 bits per heavy atom. The number of carbonyl (C=O) groups is 2. The van der Waals surface area contributed by atoms with Gasteiger partial charge in [0.2, 0.25) is 11.8 Å². The Morgan fingerprint density at radius 1 is 0.929 bits per heavy atom. The van der Waals surface area contributed by atoms with Crippen LogP contribution in [-0.2, 0) is 26.0 Å². The van der Waals surface area contributed by atoms with Gasteiger partial charge >= 0.3 is 0 Å². The Bertz CT molecular complexity index is 1420. The number of anilines is 1. The van der Waals surface area contributed by atoms with Crippen LogP contribution in [-0.4, -0.2) is 56.6 Å². The van der Waals surface area contributed by atoms with Crippen molar-refractivity contribution in [3.05, 3.63) is 90.0 Å². The summed E-state index contributed by atoms with van der Waals surface area (Å²) in [6, 6.07) is 22.9. The van der Waals surface area contributed by atoms with Gasteiger partial charge in [-0.3, -0.25) is 13.9 Å². The molecule has 7 nitrogen and oxygen atoms in total. The molecule has 42 heavy (non-hydrogen) atoms. The third-order valence-electron chi connectivity index (χ3n) is 7.85. The Kier molecular flexibility index (Phi) is 11.1. The summed E-state index contributed by atoms with van der Waals surface area (Å²) in [4.78, 5) is 30.0. The van der Waals surface area contributed by atoms with Gasteiger partial charge in [-0.2, -0.15) is 0 Å². The van der Waals surface area contributed by atoms with Crippen LogP contribution in [0.2, 0.25) is 0 Å². The Morgan fingerprint density at radius 2 is 1.57 bits per heavy atom. The number of benzene rings is 3. The largest absolute Gasteiger partial charge is 0.352 e. The average molecular weight is 608 g/mol. The van der Waals surface area contributed by atoms with Gasteiger partial charge in [-0.1, -0.05) is 67.3 Å². The highest BCUT2D eigenvalue weighted by molar-refractivity contribution is 7.98. The van der Waals surface area contributed by atoms with E-state index in [1.165, 1.54) is 23.1 Å². The van der Waals surface area contributed by atoms with Crippen LogP contribution in [0.15, 0.2) is 88.7 Å². The molecule has 0 heterocycles. The van der Waals surface area contributed by atoms with Gasteiger partial charge in [0.1, 0.15) is 12.6 Å². The lowest BCUT2D eigenvalue weighted by molar-refractivity contribution is -0.139. The number of thioether (sulfide) groups is 1. The monoisotopic (exact) mass is 607 g/mol. The van der Waals surface area contributed by atoms with E-state index in [2.05, 4.69) is 5.32 Å². The van der Waals surface area contributed by atoms with Crippen molar-refractivity contribution in [2.75, 3.05) is 23.7 Å². The maximum absolute atomic E-state index is 14.1. The number of hydrogen-bond acceptors (Lipinski definition) is 5. The van der Waals surface area contributed by atoms with Crippen molar-refractivity contribution in [1.82, 2.24) is 10.2 Å². The third kappa shape index (κ3) is 8.16.